The number of hydrogen-bond donors (Lipinski definition) is 2. The summed E-state index contributed by atoms with van der Waals surface area (Å²) in [6.07, 6.45) is -4.79. The molecule has 0 fully saturated rings. The number of anilines is 2. The summed E-state index contributed by atoms with van der Waals surface area (Å²) in [4.78, 5) is 24.6. The number of amides is 2. The molecule has 1 heterocycles. The number of alkyl halides is 3. The van der Waals surface area contributed by atoms with E-state index in [9.17, 15) is 22.8 Å². The van der Waals surface area contributed by atoms with E-state index in [1.807, 2.05) is 0 Å². The van der Waals surface area contributed by atoms with Crippen molar-refractivity contribution in [3.63, 3.8) is 0 Å². The average Bonchev–Trinajstić information content (AvgIpc) is 3.24. The van der Waals surface area contributed by atoms with Gasteiger partial charge in [-0.15, -0.1) is 23.4 Å². The highest BCUT2D eigenvalue weighted by atomic mass is 32.2. The van der Waals surface area contributed by atoms with Crippen molar-refractivity contribution < 1.29 is 37.0 Å². The molecule has 0 spiro atoms. The third-order valence-corrected chi connectivity index (χ3v) is 5.94. The molecule has 0 saturated heterocycles. The standard InChI is InChI=1S/C20H17F3N4O5S2/c1-30-14-8-3-11(9-15(14)31-2)17(29)25-18-26-27-19(34-18)33-10-16(28)24-12-4-6-13(7-5-12)32-20(21,22)23/h3-9H,10H2,1-2H3,(H,24,28)(H,25,26,29). The minimum atomic E-state index is -4.79. The molecule has 0 bridgehead atoms. The molecule has 0 aliphatic heterocycles. The lowest BCUT2D eigenvalue weighted by atomic mass is 10.2. The van der Waals surface area contributed by atoms with Crippen LogP contribution in [0.2, 0.25) is 0 Å². The van der Waals surface area contributed by atoms with Gasteiger partial charge < -0.3 is 19.5 Å². The van der Waals surface area contributed by atoms with Crippen molar-refractivity contribution in [1.29, 1.82) is 0 Å². The van der Waals surface area contributed by atoms with Crippen LogP contribution < -0.4 is 24.8 Å². The Morgan fingerprint density at radius 1 is 1.00 bits per heavy atom. The highest BCUT2D eigenvalue weighted by molar-refractivity contribution is 8.01. The van der Waals surface area contributed by atoms with Gasteiger partial charge in [-0.2, -0.15) is 0 Å². The minimum absolute atomic E-state index is 0.0287. The third kappa shape index (κ3) is 7.25. The molecular formula is C20H17F3N4O5S2. The van der Waals surface area contributed by atoms with Gasteiger partial charge in [0, 0.05) is 11.3 Å². The van der Waals surface area contributed by atoms with Crippen molar-refractivity contribution in [3.8, 4) is 17.2 Å². The molecular weight excluding hydrogens is 497 g/mol. The van der Waals surface area contributed by atoms with E-state index in [2.05, 4.69) is 25.6 Å². The lowest BCUT2D eigenvalue weighted by Crippen LogP contribution is -2.17. The lowest BCUT2D eigenvalue weighted by Gasteiger charge is -2.09. The molecule has 0 atom stereocenters. The number of halogens is 3. The molecule has 9 nitrogen and oxygen atoms in total. The summed E-state index contributed by atoms with van der Waals surface area (Å²) >= 11 is 2.16. The van der Waals surface area contributed by atoms with Crippen LogP contribution in [0.1, 0.15) is 10.4 Å². The van der Waals surface area contributed by atoms with Gasteiger partial charge >= 0.3 is 6.36 Å². The van der Waals surface area contributed by atoms with Crippen molar-refractivity contribution >= 4 is 45.7 Å². The van der Waals surface area contributed by atoms with Crippen molar-refractivity contribution in [3.05, 3.63) is 48.0 Å². The number of benzene rings is 2. The molecule has 0 saturated carbocycles. The molecule has 0 aliphatic carbocycles. The number of thioether (sulfide) groups is 1. The van der Waals surface area contributed by atoms with Crippen LogP contribution >= 0.6 is 23.1 Å². The van der Waals surface area contributed by atoms with Crippen LogP contribution in [0.5, 0.6) is 17.2 Å². The number of methoxy groups -OCH3 is 2. The van der Waals surface area contributed by atoms with E-state index < -0.39 is 23.9 Å². The maximum absolute atomic E-state index is 12.5. The third-order valence-electron chi connectivity index (χ3n) is 3.97. The van der Waals surface area contributed by atoms with E-state index in [4.69, 9.17) is 9.47 Å². The number of nitrogens with one attached hydrogen (secondary N) is 2. The summed E-state index contributed by atoms with van der Waals surface area (Å²) in [6, 6.07) is 9.45. The number of hydrogen-bond acceptors (Lipinski definition) is 9. The summed E-state index contributed by atoms with van der Waals surface area (Å²) in [6.45, 7) is 0. The van der Waals surface area contributed by atoms with Crippen molar-refractivity contribution in [2.75, 3.05) is 30.6 Å². The molecule has 3 rings (SSSR count). The monoisotopic (exact) mass is 514 g/mol. The number of rotatable bonds is 9. The van der Waals surface area contributed by atoms with Crippen molar-refractivity contribution in [2.24, 2.45) is 0 Å². The summed E-state index contributed by atoms with van der Waals surface area (Å²) in [5, 5.41) is 13.2. The van der Waals surface area contributed by atoms with Gasteiger partial charge in [-0.1, -0.05) is 23.1 Å². The van der Waals surface area contributed by atoms with Crippen LogP contribution in [-0.2, 0) is 4.79 Å². The van der Waals surface area contributed by atoms with Gasteiger partial charge in [0.1, 0.15) is 5.75 Å². The Morgan fingerprint density at radius 2 is 1.71 bits per heavy atom. The first-order valence-electron chi connectivity index (χ1n) is 9.32. The van der Waals surface area contributed by atoms with Crippen LogP contribution in [-0.4, -0.2) is 48.3 Å². The second-order valence-electron chi connectivity index (χ2n) is 6.31. The number of nitrogens with zero attached hydrogens (tertiary/aromatic N) is 2. The Balaban J connectivity index is 1.50. The van der Waals surface area contributed by atoms with Gasteiger partial charge in [-0.25, -0.2) is 0 Å². The minimum Gasteiger partial charge on any atom is -0.493 e. The molecule has 2 N–H and O–H groups in total. The van der Waals surface area contributed by atoms with E-state index in [1.54, 1.807) is 12.1 Å². The Hall–Kier alpha value is -3.52. The highest BCUT2D eigenvalue weighted by Gasteiger charge is 2.31. The van der Waals surface area contributed by atoms with Crippen molar-refractivity contribution in [2.45, 2.75) is 10.7 Å². The number of aromatic nitrogens is 2. The SMILES string of the molecule is COc1ccc(C(=O)Nc2nnc(SCC(=O)Nc3ccc(OC(F)(F)F)cc3)s2)cc1OC. The smallest absolute Gasteiger partial charge is 0.493 e. The predicted octanol–water partition coefficient (Wildman–Crippen LogP) is 4.44. The molecule has 34 heavy (non-hydrogen) atoms. The van der Waals surface area contributed by atoms with Crippen LogP contribution in [0.15, 0.2) is 46.8 Å². The van der Waals surface area contributed by atoms with Gasteiger partial charge in [0.2, 0.25) is 11.0 Å². The van der Waals surface area contributed by atoms with E-state index in [1.165, 1.54) is 32.4 Å². The Labute approximate surface area is 199 Å². The number of ether oxygens (including phenoxy) is 3. The largest absolute Gasteiger partial charge is 0.573 e. The van der Waals surface area contributed by atoms with Gasteiger partial charge in [-0.05, 0) is 42.5 Å². The van der Waals surface area contributed by atoms with E-state index in [0.29, 0.717) is 27.1 Å². The second-order valence-corrected chi connectivity index (χ2v) is 8.51. The van der Waals surface area contributed by atoms with E-state index >= 15 is 0 Å². The van der Waals surface area contributed by atoms with Crippen molar-refractivity contribution in [1.82, 2.24) is 10.2 Å². The second kappa shape index (κ2) is 11.1. The molecule has 3 aromatic rings. The molecule has 1 aromatic heterocycles. The predicted molar refractivity (Wildman–Crippen MR) is 120 cm³/mol. The Kier molecular flexibility index (Phi) is 8.17. The van der Waals surface area contributed by atoms with E-state index in [0.717, 1.165) is 35.2 Å². The summed E-state index contributed by atoms with van der Waals surface area (Å²) < 4.78 is 51.1. The van der Waals surface area contributed by atoms with Gasteiger partial charge in [-0.3, -0.25) is 14.9 Å². The van der Waals surface area contributed by atoms with Crippen LogP contribution in [0.25, 0.3) is 0 Å². The van der Waals surface area contributed by atoms with Gasteiger partial charge in [0.05, 0.1) is 20.0 Å². The zero-order chi connectivity index (χ0) is 24.7. The fourth-order valence-electron chi connectivity index (χ4n) is 2.53. The molecule has 180 valence electrons. The Bertz CT molecular complexity index is 1160. The Morgan fingerprint density at radius 3 is 2.35 bits per heavy atom. The summed E-state index contributed by atoms with van der Waals surface area (Å²) in [7, 11) is 2.95. The van der Waals surface area contributed by atoms with E-state index in [-0.39, 0.29) is 10.9 Å². The van der Waals surface area contributed by atoms with Crippen LogP contribution in [0.4, 0.5) is 24.0 Å². The quantitative estimate of drug-likeness (QED) is 0.319. The molecule has 0 aliphatic rings. The first kappa shape index (κ1) is 25.1. The highest BCUT2D eigenvalue weighted by Crippen LogP contribution is 2.29. The molecule has 0 unspecified atom stereocenters. The molecule has 2 aromatic carbocycles. The molecule has 14 heteroatoms. The summed E-state index contributed by atoms with van der Waals surface area (Å²) in [5.74, 6) is -0.366. The fraction of sp³-hybridized carbons (Fsp3) is 0.200. The maximum atomic E-state index is 12.5. The number of carbonyl (C=O) groups is 2. The number of carbonyl (C=O) groups excluding carboxylic acids is 2. The molecule has 2 amide bonds. The van der Waals surface area contributed by atoms with Crippen LogP contribution in [0, 0.1) is 0 Å². The topological polar surface area (TPSA) is 112 Å². The summed E-state index contributed by atoms with van der Waals surface area (Å²) in [5.41, 5.74) is 0.633. The zero-order valence-electron chi connectivity index (χ0n) is 17.6. The fourth-order valence-corrected chi connectivity index (χ4v) is 4.08. The molecule has 0 radical (unpaired) electrons. The first-order chi connectivity index (χ1) is 16.2. The van der Waals surface area contributed by atoms with Gasteiger partial charge in [0.15, 0.2) is 15.8 Å². The first-order valence-corrected chi connectivity index (χ1v) is 11.1. The van der Waals surface area contributed by atoms with Gasteiger partial charge in [0.25, 0.3) is 5.91 Å². The van der Waals surface area contributed by atoms with Crippen LogP contribution in [0.3, 0.4) is 0 Å². The lowest BCUT2D eigenvalue weighted by molar-refractivity contribution is -0.274. The average molecular weight is 515 g/mol. The maximum Gasteiger partial charge on any atom is 0.573 e. The zero-order valence-corrected chi connectivity index (χ0v) is 19.3. The normalized spacial score (nSPS) is 11.0.